The molecule has 0 bridgehead atoms. The molecular weight excluding hydrogens is 274 g/mol. The van der Waals surface area contributed by atoms with Crippen LogP contribution in [0, 0.1) is 12.3 Å². The Balaban J connectivity index is 1.99. The van der Waals surface area contributed by atoms with Gasteiger partial charge in [0.05, 0.1) is 5.69 Å². The van der Waals surface area contributed by atoms with Gasteiger partial charge in [-0.05, 0) is 58.9 Å². The van der Waals surface area contributed by atoms with Gasteiger partial charge in [-0.15, -0.1) is 11.3 Å². The van der Waals surface area contributed by atoms with E-state index in [2.05, 4.69) is 10.3 Å². The maximum Gasteiger partial charge on any atom is 0.413 e. The predicted molar refractivity (Wildman–Crippen MR) is 81.1 cm³/mol. The van der Waals surface area contributed by atoms with Gasteiger partial charge in [0.2, 0.25) is 0 Å². The highest BCUT2D eigenvalue weighted by molar-refractivity contribution is 7.15. The molecule has 1 aromatic heterocycles. The van der Waals surface area contributed by atoms with Crippen LogP contribution in [0.3, 0.4) is 0 Å². The molecule has 3 N–H and O–H groups in total. The zero-order valence-electron chi connectivity index (χ0n) is 12.6. The number of aromatic nitrogens is 1. The van der Waals surface area contributed by atoms with Crippen molar-refractivity contribution in [3.63, 3.8) is 0 Å². The minimum absolute atomic E-state index is 0.278. The van der Waals surface area contributed by atoms with Crippen LogP contribution in [0.4, 0.5) is 9.93 Å². The van der Waals surface area contributed by atoms with Crippen molar-refractivity contribution in [2.75, 3.05) is 11.9 Å². The van der Waals surface area contributed by atoms with E-state index in [4.69, 9.17) is 10.5 Å². The lowest BCUT2D eigenvalue weighted by atomic mass is 10.0. The standard InChI is InChI=1S/C14H23N3O2S/c1-9-10(7-14(8-15)5-6-14)20-11(16-9)17-12(18)19-13(2,3)4/h5-8,15H2,1-4H3,(H,16,17,18). The summed E-state index contributed by atoms with van der Waals surface area (Å²) in [5.74, 6) is 0. The molecule has 0 unspecified atom stereocenters. The van der Waals surface area contributed by atoms with Crippen molar-refractivity contribution in [2.24, 2.45) is 11.1 Å². The topological polar surface area (TPSA) is 77.2 Å². The van der Waals surface area contributed by atoms with E-state index in [9.17, 15) is 4.79 Å². The van der Waals surface area contributed by atoms with Crippen LogP contribution in [-0.4, -0.2) is 23.2 Å². The predicted octanol–water partition coefficient (Wildman–Crippen LogP) is 3.08. The van der Waals surface area contributed by atoms with Crippen LogP contribution in [0.25, 0.3) is 0 Å². The SMILES string of the molecule is Cc1nc(NC(=O)OC(C)(C)C)sc1CC1(CN)CC1. The van der Waals surface area contributed by atoms with E-state index >= 15 is 0 Å². The number of nitrogens with one attached hydrogen (secondary N) is 1. The Morgan fingerprint density at radius 2 is 2.15 bits per heavy atom. The molecule has 0 atom stereocenters. The van der Waals surface area contributed by atoms with Crippen LogP contribution in [0.2, 0.25) is 0 Å². The Hall–Kier alpha value is -1.14. The van der Waals surface area contributed by atoms with Gasteiger partial charge in [-0.3, -0.25) is 5.32 Å². The van der Waals surface area contributed by atoms with Gasteiger partial charge in [0.15, 0.2) is 5.13 Å². The normalized spacial score (nSPS) is 16.9. The number of nitrogens with zero attached hydrogens (tertiary/aromatic N) is 1. The van der Waals surface area contributed by atoms with Gasteiger partial charge in [-0.1, -0.05) is 0 Å². The number of rotatable bonds is 4. The number of carbonyl (C=O) groups is 1. The second-order valence-electron chi connectivity index (χ2n) is 6.54. The number of nitrogens with two attached hydrogens (primary N) is 1. The Labute approximate surface area is 123 Å². The number of anilines is 1. The molecule has 0 spiro atoms. The highest BCUT2D eigenvalue weighted by atomic mass is 32.1. The summed E-state index contributed by atoms with van der Waals surface area (Å²) in [5.41, 5.74) is 6.57. The van der Waals surface area contributed by atoms with Gasteiger partial charge < -0.3 is 10.5 Å². The van der Waals surface area contributed by atoms with Crippen molar-refractivity contribution >= 4 is 22.6 Å². The largest absolute Gasteiger partial charge is 0.444 e. The molecule has 5 nitrogen and oxygen atoms in total. The van der Waals surface area contributed by atoms with E-state index in [1.165, 1.54) is 29.1 Å². The third-order valence-electron chi connectivity index (χ3n) is 3.43. The maximum atomic E-state index is 11.7. The van der Waals surface area contributed by atoms with Crippen LogP contribution in [0.5, 0.6) is 0 Å². The molecule has 1 aliphatic carbocycles. The molecule has 1 saturated carbocycles. The molecule has 1 heterocycles. The molecule has 2 rings (SSSR count). The van der Waals surface area contributed by atoms with Gasteiger partial charge in [0.1, 0.15) is 5.60 Å². The number of carbonyl (C=O) groups excluding carboxylic acids is 1. The highest BCUT2D eigenvalue weighted by Gasteiger charge is 2.41. The van der Waals surface area contributed by atoms with Crippen molar-refractivity contribution < 1.29 is 9.53 Å². The summed E-state index contributed by atoms with van der Waals surface area (Å²) in [4.78, 5) is 17.3. The summed E-state index contributed by atoms with van der Waals surface area (Å²) in [7, 11) is 0. The van der Waals surface area contributed by atoms with Gasteiger partial charge in [0, 0.05) is 4.88 Å². The average molecular weight is 297 g/mol. The smallest absolute Gasteiger partial charge is 0.413 e. The van der Waals surface area contributed by atoms with Crippen molar-refractivity contribution in [1.29, 1.82) is 0 Å². The Kier molecular flexibility index (Phi) is 4.07. The van der Waals surface area contributed by atoms with E-state index in [1.54, 1.807) is 0 Å². The van der Waals surface area contributed by atoms with Gasteiger partial charge in [-0.25, -0.2) is 9.78 Å². The number of hydrogen-bond acceptors (Lipinski definition) is 5. The van der Waals surface area contributed by atoms with Crippen molar-refractivity contribution in [3.05, 3.63) is 10.6 Å². The first kappa shape index (κ1) is 15.3. The van der Waals surface area contributed by atoms with Crippen molar-refractivity contribution in [1.82, 2.24) is 4.98 Å². The van der Waals surface area contributed by atoms with E-state index in [1.807, 2.05) is 27.7 Å². The second kappa shape index (κ2) is 5.33. The van der Waals surface area contributed by atoms with Crippen molar-refractivity contribution in [2.45, 2.75) is 52.6 Å². The third kappa shape index (κ3) is 3.93. The monoisotopic (exact) mass is 297 g/mol. The van der Waals surface area contributed by atoms with Gasteiger partial charge >= 0.3 is 6.09 Å². The zero-order chi connectivity index (χ0) is 15.0. The van der Waals surface area contributed by atoms with Crippen molar-refractivity contribution in [3.8, 4) is 0 Å². The zero-order valence-corrected chi connectivity index (χ0v) is 13.4. The van der Waals surface area contributed by atoms with E-state index in [0.717, 1.165) is 18.7 Å². The number of aryl methyl sites for hydroxylation is 1. The molecular formula is C14H23N3O2S. The first-order chi connectivity index (χ1) is 9.23. The second-order valence-corrected chi connectivity index (χ2v) is 7.62. The third-order valence-corrected chi connectivity index (χ3v) is 4.50. The first-order valence-electron chi connectivity index (χ1n) is 6.89. The summed E-state index contributed by atoms with van der Waals surface area (Å²) in [6, 6.07) is 0. The fourth-order valence-corrected chi connectivity index (χ4v) is 3.13. The number of thiazole rings is 1. The summed E-state index contributed by atoms with van der Waals surface area (Å²) in [6.45, 7) is 8.20. The van der Waals surface area contributed by atoms with Gasteiger partial charge in [0.25, 0.3) is 0 Å². The van der Waals surface area contributed by atoms with Crippen LogP contribution < -0.4 is 11.1 Å². The van der Waals surface area contributed by atoms with Crippen LogP contribution in [0.1, 0.15) is 44.2 Å². The van der Waals surface area contributed by atoms with Crippen LogP contribution >= 0.6 is 11.3 Å². The maximum absolute atomic E-state index is 11.7. The minimum atomic E-state index is -0.503. The lowest BCUT2D eigenvalue weighted by Crippen LogP contribution is -2.27. The molecule has 0 aliphatic heterocycles. The molecule has 1 aliphatic rings. The van der Waals surface area contributed by atoms with E-state index < -0.39 is 11.7 Å². The molecule has 112 valence electrons. The fraction of sp³-hybridized carbons (Fsp3) is 0.714. The van der Waals surface area contributed by atoms with E-state index in [-0.39, 0.29) is 5.41 Å². The summed E-state index contributed by atoms with van der Waals surface area (Å²) >= 11 is 1.52. The lowest BCUT2D eigenvalue weighted by Gasteiger charge is -2.18. The molecule has 1 fully saturated rings. The van der Waals surface area contributed by atoms with Gasteiger partial charge in [-0.2, -0.15) is 0 Å². The Morgan fingerprint density at radius 3 is 2.65 bits per heavy atom. The fourth-order valence-electron chi connectivity index (χ4n) is 2.01. The summed E-state index contributed by atoms with van der Waals surface area (Å²) < 4.78 is 5.22. The summed E-state index contributed by atoms with van der Waals surface area (Å²) in [6.07, 6.45) is 2.88. The van der Waals surface area contributed by atoms with E-state index in [0.29, 0.717) is 5.13 Å². The summed E-state index contributed by atoms with van der Waals surface area (Å²) in [5, 5.41) is 3.30. The molecule has 0 aromatic carbocycles. The molecule has 1 amide bonds. The molecule has 0 saturated heterocycles. The van der Waals surface area contributed by atoms with Crippen LogP contribution in [0.15, 0.2) is 0 Å². The highest BCUT2D eigenvalue weighted by Crippen LogP contribution is 2.48. The first-order valence-corrected chi connectivity index (χ1v) is 7.71. The molecule has 1 aromatic rings. The lowest BCUT2D eigenvalue weighted by molar-refractivity contribution is 0.0636. The van der Waals surface area contributed by atoms with Crippen LogP contribution in [-0.2, 0) is 11.2 Å². The number of amides is 1. The average Bonchev–Trinajstić information content (AvgIpc) is 2.98. The molecule has 0 radical (unpaired) electrons. The number of hydrogen-bond donors (Lipinski definition) is 2. The minimum Gasteiger partial charge on any atom is -0.444 e. The Morgan fingerprint density at radius 1 is 1.50 bits per heavy atom. The molecule has 6 heteroatoms. The molecule has 20 heavy (non-hydrogen) atoms. The quantitative estimate of drug-likeness (QED) is 0.895. The Bertz CT molecular complexity index is 501. The number of ether oxygens (including phenoxy) is 1.